The molecule has 3 aromatic rings. The molecule has 0 aliphatic heterocycles. The first-order valence-electron chi connectivity index (χ1n) is 9.00. The molecule has 148 valence electrons. The van der Waals surface area contributed by atoms with Crippen molar-refractivity contribution in [1.29, 1.82) is 0 Å². The van der Waals surface area contributed by atoms with E-state index in [1.165, 1.54) is 12.1 Å². The first-order chi connectivity index (χ1) is 14.0. The van der Waals surface area contributed by atoms with Crippen molar-refractivity contribution >= 4 is 23.0 Å². The summed E-state index contributed by atoms with van der Waals surface area (Å²) in [5.74, 6) is 0.164. The molecule has 0 spiro atoms. The van der Waals surface area contributed by atoms with Gasteiger partial charge in [0.15, 0.2) is 0 Å². The van der Waals surface area contributed by atoms with Crippen LogP contribution in [-0.2, 0) is 4.79 Å². The topological polar surface area (TPSA) is 93.5 Å². The van der Waals surface area contributed by atoms with Crippen molar-refractivity contribution in [2.45, 2.75) is 13.0 Å². The second kappa shape index (κ2) is 8.88. The van der Waals surface area contributed by atoms with E-state index in [4.69, 9.17) is 4.74 Å². The van der Waals surface area contributed by atoms with E-state index >= 15 is 0 Å². The third-order valence-electron chi connectivity index (χ3n) is 4.41. The highest BCUT2D eigenvalue weighted by Crippen LogP contribution is 2.30. The summed E-state index contributed by atoms with van der Waals surface area (Å²) in [5, 5.41) is 17.3. The van der Waals surface area contributed by atoms with Crippen LogP contribution >= 0.6 is 0 Å². The molecule has 0 saturated carbocycles. The number of amides is 1. The summed E-state index contributed by atoms with van der Waals surface area (Å²) in [6, 6.07) is 20.3. The predicted octanol–water partition coefficient (Wildman–Crippen LogP) is 4.70. The molecule has 0 unspecified atom stereocenters. The highest BCUT2D eigenvalue weighted by molar-refractivity contribution is 5.99. The molecule has 0 bridgehead atoms. The molecule has 29 heavy (non-hydrogen) atoms. The van der Waals surface area contributed by atoms with E-state index < -0.39 is 16.9 Å². The number of hydrogen-bond donors (Lipinski definition) is 2. The number of nitrogens with zero attached hydrogens (tertiary/aromatic N) is 1. The molecule has 1 atom stereocenters. The SMILES string of the molecule is COc1ccccc1N[C@H](C(=O)Nc1ccc(C)cc1[N+](=O)[O-])c1ccccc1. The van der Waals surface area contributed by atoms with Crippen molar-refractivity contribution in [1.82, 2.24) is 0 Å². The monoisotopic (exact) mass is 391 g/mol. The van der Waals surface area contributed by atoms with E-state index in [2.05, 4.69) is 10.6 Å². The third-order valence-corrected chi connectivity index (χ3v) is 4.41. The van der Waals surface area contributed by atoms with Gasteiger partial charge in [0.2, 0.25) is 0 Å². The number of carbonyl (C=O) groups excluding carboxylic acids is 1. The Morgan fingerprint density at radius 3 is 2.38 bits per heavy atom. The van der Waals surface area contributed by atoms with Gasteiger partial charge in [-0.25, -0.2) is 0 Å². The fraction of sp³-hybridized carbons (Fsp3) is 0.136. The molecule has 0 fully saturated rings. The maximum absolute atomic E-state index is 13.1. The van der Waals surface area contributed by atoms with Gasteiger partial charge in [-0.3, -0.25) is 14.9 Å². The van der Waals surface area contributed by atoms with E-state index in [0.29, 0.717) is 17.0 Å². The Hall–Kier alpha value is -3.87. The molecule has 1 amide bonds. The second-order valence-electron chi connectivity index (χ2n) is 6.46. The van der Waals surface area contributed by atoms with Gasteiger partial charge >= 0.3 is 0 Å². The number of ether oxygens (including phenoxy) is 1. The molecule has 7 heteroatoms. The zero-order valence-corrected chi connectivity index (χ0v) is 16.1. The fourth-order valence-electron chi connectivity index (χ4n) is 2.97. The van der Waals surface area contributed by atoms with Gasteiger partial charge in [0.25, 0.3) is 11.6 Å². The van der Waals surface area contributed by atoms with Crippen molar-refractivity contribution in [3.05, 3.63) is 94.0 Å². The lowest BCUT2D eigenvalue weighted by atomic mass is 10.0. The summed E-state index contributed by atoms with van der Waals surface area (Å²) in [5.41, 5.74) is 2.08. The summed E-state index contributed by atoms with van der Waals surface area (Å²) in [4.78, 5) is 24.0. The Labute approximate surface area is 168 Å². The number of benzene rings is 3. The normalized spacial score (nSPS) is 11.4. The van der Waals surface area contributed by atoms with Crippen LogP contribution in [0.1, 0.15) is 17.2 Å². The minimum absolute atomic E-state index is 0.147. The van der Waals surface area contributed by atoms with Gasteiger partial charge in [0.1, 0.15) is 17.5 Å². The van der Waals surface area contributed by atoms with Crippen LogP contribution in [0.3, 0.4) is 0 Å². The first kappa shape index (κ1) is 19.9. The Bertz CT molecular complexity index is 1020. The lowest BCUT2D eigenvalue weighted by Crippen LogP contribution is -2.27. The average molecular weight is 391 g/mol. The summed E-state index contributed by atoms with van der Waals surface area (Å²) in [7, 11) is 1.55. The van der Waals surface area contributed by atoms with Gasteiger partial charge in [-0.15, -0.1) is 0 Å². The highest BCUT2D eigenvalue weighted by Gasteiger charge is 2.24. The van der Waals surface area contributed by atoms with Crippen molar-refractivity contribution < 1.29 is 14.5 Å². The summed E-state index contributed by atoms with van der Waals surface area (Å²) >= 11 is 0. The molecule has 3 aromatic carbocycles. The van der Waals surface area contributed by atoms with Crippen LogP contribution < -0.4 is 15.4 Å². The van der Waals surface area contributed by atoms with Gasteiger partial charge in [-0.05, 0) is 36.2 Å². The van der Waals surface area contributed by atoms with Crippen molar-refractivity contribution in [3.8, 4) is 5.75 Å². The van der Waals surface area contributed by atoms with E-state index in [1.807, 2.05) is 42.5 Å². The second-order valence-corrected chi connectivity index (χ2v) is 6.46. The number of nitro benzene ring substituents is 1. The number of hydrogen-bond acceptors (Lipinski definition) is 5. The Morgan fingerprint density at radius 2 is 1.69 bits per heavy atom. The lowest BCUT2D eigenvalue weighted by molar-refractivity contribution is -0.384. The maximum atomic E-state index is 13.1. The molecule has 0 heterocycles. The maximum Gasteiger partial charge on any atom is 0.293 e. The minimum Gasteiger partial charge on any atom is -0.495 e. The van der Waals surface area contributed by atoms with Gasteiger partial charge in [-0.2, -0.15) is 0 Å². The minimum atomic E-state index is -0.784. The molecular weight excluding hydrogens is 370 g/mol. The molecule has 7 nitrogen and oxygen atoms in total. The summed E-state index contributed by atoms with van der Waals surface area (Å²) < 4.78 is 5.36. The van der Waals surface area contributed by atoms with Crippen LogP contribution in [0.15, 0.2) is 72.8 Å². The van der Waals surface area contributed by atoms with E-state index in [1.54, 1.807) is 32.2 Å². The van der Waals surface area contributed by atoms with Crippen LogP contribution in [-0.4, -0.2) is 17.9 Å². The van der Waals surface area contributed by atoms with E-state index in [0.717, 1.165) is 5.56 Å². The van der Waals surface area contributed by atoms with Gasteiger partial charge in [-0.1, -0.05) is 48.5 Å². The lowest BCUT2D eigenvalue weighted by Gasteiger charge is -2.21. The number of para-hydroxylation sites is 2. The third kappa shape index (κ3) is 4.70. The van der Waals surface area contributed by atoms with Crippen LogP contribution in [0.25, 0.3) is 0 Å². The smallest absolute Gasteiger partial charge is 0.293 e. The standard InChI is InChI=1S/C22H21N3O4/c1-15-12-13-17(19(14-15)25(27)28)24-22(26)21(16-8-4-3-5-9-16)23-18-10-6-7-11-20(18)29-2/h3-14,21,23H,1-2H3,(H,24,26)/t21-/m0/s1. The molecule has 0 aliphatic rings. The highest BCUT2D eigenvalue weighted by atomic mass is 16.6. The van der Waals surface area contributed by atoms with Gasteiger partial charge in [0.05, 0.1) is 17.7 Å². The first-order valence-corrected chi connectivity index (χ1v) is 9.00. The number of anilines is 2. The predicted molar refractivity (Wildman–Crippen MR) is 112 cm³/mol. The van der Waals surface area contributed by atoms with Crippen LogP contribution in [0.2, 0.25) is 0 Å². The molecule has 2 N–H and O–H groups in total. The molecule has 0 saturated heterocycles. The van der Waals surface area contributed by atoms with Crippen LogP contribution in [0, 0.1) is 17.0 Å². The largest absolute Gasteiger partial charge is 0.495 e. The zero-order chi connectivity index (χ0) is 20.8. The van der Waals surface area contributed by atoms with E-state index in [9.17, 15) is 14.9 Å². The number of nitrogens with one attached hydrogen (secondary N) is 2. The number of carbonyl (C=O) groups is 1. The molecule has 0 aromatic heterocycles. The Balaban J connectivity index is 1.95. The summed E-state index contributed by atoms with van der Waals surface area (Å²) in [6.07, 6.45) is 0. The van der Waals surface area contributed by atoms with Crippen LogP contribution in [0.5, 0.6) is 5.75 Å². The zero-order valence-electron chi connectivity index (χ0n) is 16.1. The van der Waals surface area contributed by atoms with Gasteiger partial charge < -0.3 is 15.4 Å². The number of nitro groups is 1. The van der Waals surface area contributed by atoms with Crippen molar-refractivity contribution in [2.75, 3.05) is 17.7 Å². The van der Waals surface area contributed by atoms with Crippen LogP contribution in [0.4, 0.5) is 17.1 Å². The average Bonchev–Trinajstić information content (AvgIpc) is 2.73. The Kier molecular flexibility index (Phi) is 6.09. The number of methoxy groups -OCH3 is 1. The van der Waals surface area contributed by atoms with Crippen molar-refractivity contribution in [2.24, 2.45) is 0 Å². The fourth-order valence-corrected chi connectivity index (χ4v) is 2.97. The number of aryl methyl sites for hydroxylation is 1. The molecule has 0 aliphatic carbocycles. The summed E-state index contributed by atoms with van der Waals surface area (Å²) in [6.45, 7) is 1.76. The quantitative estimate of drug-likeness (QED) is 0.450. The number of rotatable bonds is 7. The Morgan fingerprint density at radius 1 is 1.00 bits per heavy atom. The van der Waals surface area contributed by atoms with Crippen molar-refractivity contribution in [3.63, 3.8) is 0 Å². The van der Waals surface area contributed by atoms with Gasteiger partial charge in [0, 0.05) is 6.07 Å². The van der Waals surface area contributed by atoms with E-state index in [-0.39, 0.29) is 11.4 Å². The molecule has 3 rings (SSSR count). The molecular formula is C22H21N3O4. The molecule has 0 radical (unpaired) electrons.